The minimum Gasteiger partial charge on any atom is -0.484 e. The molecule has 0 aliphatic carbocycles. The molecule has 0 fully saturated rings. The van der Waals surface area contributed by atoms with Crippen molar-refractivity contribution in [1.29, 1.82) is 0 Å². The largest absolute Gasteiger partial charge is 0.484 e. The van der Waals surface area contributed by atoms with Crippen molar-refractivity contribution in [2.45, 2.75) is 19.8 Å². The zero-order chi connectivity index (χ0) is 17.4. The van der Waals surface area contributed by atoms with E-state index in [1.54, 1.807) is 24.3 Å². The van der Waals surface area contributed by atoms with Gasteiger partial charge < -0.3 is 15.2 Å². The molecule has 2 N–H and O–H groups in total. The summed E-state index contributed by atoms with van der Waals surface area (Å²) in [6.45, 7) is 2.53. The van der Waals surface area contributed by atoms with E-state index in [1.165, 1.54) is 5.56 Å². The summed E-state index contributed by atoms with van der Waals surface area (Å²) < 4.78 is 5.43. The van der Waals surface area contributed by atoms with Crippen LogP contribution in [0.5, 0.6) is 5.75 Å². The number of ether oxygens (including phenoxy) is 1. The van der Waals surface area contributed by atoms with Crippen LogP contribution >= 0.6 is 0 Å². The molecule has 2 rings (SSSR count). The Balaban J connectivity index is 1.69. The van der Waals surface area contributed by atoms with Crippen molar-refractivity contribution in [3.63, 3.8) is 0 Å². The van der Waals surface area contributed by atoms with Crippen molar-refractivity contribution in [1.82, 2.24) is 5.32 Å². The molecule has 0 radical (unpaired) electrons. The smallest absolute Gasteiger partial charge is 0.335 e. The van der Waals surface area contributed by atoms with Crippen LogP contribution in [0, 0.1) is 0 Å². The Kier molecular flexibility index (Phi) is 6.37. The lowest BCUT2D eigenvalue weighted by atomic mass is 10.1. The molecule has 126 valence electrons. The van der Waals surface area contributed by atoms with Crippen LogP contribution in [-0.4, -0.2) is 30.1 Å². The minimum atomic E-state index is -0.945. The molecule has 2 aromatic carbocycles. The second-order valence-electron chi connectivity index (χ2n) is 5.39. The molecular formula is C19H21NO4. The van der Waals surface area contributed by atoms with Gasteiger partial charge in [0.05, 0.1) is 5.56 Å². The zero-order valence-corrected chi connectivity index (χ0v) is 13.6. The van der Waals surface area contributed by atoms with E-state index in [9.17, 15) is 9.59 Å². The van der Waals surface area contributed by atoms with Crippen molar-refractivity contribution in [2.24, 2.45) is 0 Å². The molecule has 0 saturated heterocycles. The first-order chi connectivity index (χ1) is 11.6. The van der Waals surface area contributed by atoms with Gasteiger partial charge in [-0.1, -0.05) is 31.2 Å². The number of amides is 1. The zero-order valence-electron chi connectivity index (χ0n) is 13.6. The molecule has 2 aromatic rings. The maximum Gasteiger partial charge on any atom is 0.335 e. The first-order valence-electron chi connectivity index (χ1n) is 7.89. The van der Waals surface area contributed by atoms with Crippen molar-refractivity contribution in [2.75, 3.05) is 13.2 Å². The summed E-state index contributed by atoms with van der Waals surface area (Å²) in [5.41, 5.74) is 2.45. The van der Waals surface area contributed by atoms with Gasteiger partial charge in [-0.3, -0.25) is 4.79 Å². The summed E-state index contributed by atoms with van der Waals surface area (Å²) in [5.74, 6) is -0.456. The van der Waals surface area contributed by atoms with Crippen LogP contribution in [0.25, 0.3) is 0 Å². The number of hydrogen-bond donors (Lipinski definition) is 2. The number of carboxylic acid groups (broad SMARTS) is 1. The SMILES string of the molecule is CCc1ccc(OCC(=O)NCCc2ccc(C(=O)O)cc2)cc1. The Morgan fingerprint density at radius 3 is 2.21 bits per heavy atom. The van der Waals surface area contributed by atoms with E-state index in [1.807, 2.05) is 24.3 Å². The van der Waals surface area contributed by atoms with Gasteiger partial charge in [-0.15, -0.1) is 0 Å². The van der Waals surface area contributed by atoms with E-state index < -0.39 is 5.97 Å². The molecule has 0 heterocycles. The molecule has 0 bridgehead atoms. The predicted octanol–water partition coefficient (Wildman–Crippen LogP) is 2.68. The van der Waals surface area contributed by atoms with Crippen LogP contribution in [0.3, 0.4) is 0 Å². The summed E-state index contributed by atoms with van der Waals surface area (Å²) in [6, 6.07) is 14.3. The average molecular weight is 327 g/mol. The van der Waals surface area contributed by atoms with Gasteiger partial charge in [-0.25, -0.2) is 4.79 Å². The number of carbonyl (C=O) groups excluding carboxylic acids is 1. The summed E-state index contributed by atoms with van der Waals surface area (Å²) in [4.78, 5) is 22.5. The predicted molar refractivity (Wildman–Crippen MR) is 91.4 cm³/mol. The fourth-order valence-corrected chi connectivity index (χ4v) is 2.18. The number of rotatable bonds is 8. The fraction of sp³-hybridized carbons (Fsp3) is 0.263. The summed E-state index contributed by atoms with van der Waals surface area (Å²) in [6.07, 6.45) is 1.60. The number of aromatic carboxylic acids is 1. The first-order valence-corrected chi connectivity index (χ1v) is 7.89. The van der Waals surface area contributed by atoms with Crippen molar-refractivity contribution < 1.29 is 19.4 Å². The summed E-state index contributed by atoms with van der Waals surface area (Å²) >= 11 is 0. The molecular weight excluding hydrogens is 306 g/mol. The number of carboxylic acids is 1. The van der Waals surface area contributed by atoms with E-state index in [0.717, 1.165) is 12.0 Å². The molecule has 24 heavy (non-hydrogen) atoms. The Bertz CT molecular complexity index is 678. The van der Waals surface area contributed by atoms with E-state index in [2.05, 4.69) is 12.2 Å². The molecule has 0 saturated carbocycles. The lowest BCUT2D eigenvalue weighted by Gasteiger charge is -2.08. The topological polar surface area (TPSA) is 75.6 Å². The van der Waals surface area contributed by atoms with Gasteiger partial charge in [0.2, 0.25) is 0 Å². The Hall–Kier alpha value is -2.82. The highest BCUT2D eigenvalue weighted by Gasteiger charge is 2.04. The van der Waals surface area contributed by atoms with Crippen LogP contribution in [0.2, 0.25) is 0 Å². The maximum atomic E-state index is 11.8. The highest BCUT2D eigenvalue weighted by Crippen LogP contribution is 2.12. The van der Waals surface area contributed by atoms with E-state index in [0.29, 0.717) is 18.7 Å². The van der Waals surface area contributed by atoms with Gasteiger partial charge in [-0.2, -0.15) is 0 Å². The molecule has 0 unspecified atom stereocenters. The number of hydrogen-bond acceptors (Lipinski definition) is 3. The standard InChI is InChI=1S/C19H21NO4/c1-2-14-5-9-17(10-6-14)24-13-18(21)20-12-11-15-3-7-16(8-4-15)19(22)23/h3-10H,2,11-13H2,1H3,(H,20,21)(H,22,23). The monoisotopic (exact) mass is 327 g/mol. The highest BCUT2D eigenvalue weighted by molar-refractivity contribution is 5.87. The van der Waals surface area contributed by atoms with Crippen molar-refractivity contribution in [3.05, 3.63) is 65.2 Å². The Morgan fingerprint density at radius 1 is 1.00 bits per heavy atom. The minimum absolute atomic E-state index is 0.0244. The molecule has 0 aliphatic rings. The maximum absolute atomic E-state index is 11.8. The second-order valence-corrected chi connectivity index (χ2v) is 5.39. The molecule has 0 atom stereocenters. The molecule has 0 spiro atoms. The third-order valence-corrected chi connectivity index (χ3v) is 3.64. The van der Waals surface area contributed by atoms with Crippen LogP contribution in [0.4, 0.5) is 0 Å². The lowest BCUT2D eigenvalue weighted by molar-refractivity contribution is -0.123. The number of carbonyl (C=O) groups is 2. The van der Waals surface area contributed by atoms with Gasteiger partial charge in [0, 0.05) is 6.54 Å². The second kappa shape index (κ2) is 8.72. The van der Waals surface area contributed by atoms with Crippen LogP contribution < -0.4 is 10.1 Å². The van der Waals surface area contributed by atoms with Crippen molar-refractivity contribution in [3.8, 4) is 5.75 Å². The van der Waals surface area contributed by atoms with E-state index in [4.69, 9.17) is 9.84 Å². The van der Waals surface area contributed by atoms with Crippen molar-refractivity contribution >= 4 is 11.9 Å². The quantitative estimate of drug-likeness (QED) is 0.781. The first kappa shape index (κ1) is 17.5. The number of aryl methyl sites for hydroxylation is 1. The van der Waals surface area contributed by atoms with Crippen LogP contribution in [0.15, 0.2) is 48.5 Å². The van der Waals surface area contributed by atoms with Crippen LogP contribution in [0.1, 0.15) is 28.4 Å². The lowest BCUT2D eigenvalue weighted by Crippen LogP contribution is -2.30. The van der Waals surface area contributed by atoms with Crippen LogP contribution in [-0.2, 0) is 17.6 Å². The normalized spacial score (nSPS) is 10.2. The molecule has 5 nitrogen and oxygen atoms in total. The summed E-state index contributed by atoms with van der Waals surface area (Å²) in [5, 5.41) is 11.6. The summed E-state index contributed by atoms with van der Waals surface area (Å²) in [7, 11) is 0. The van der Waals surface area contributed by atoms with Gasteiger partial charge >= 0.3 is 5.97 Å². The Labute approximate surface area is 141 Å². The molecule has 5 heteroatoms. The Morgan fingerprint density at radius 2 is 1.62 bits per heavy atom. The molecule has 0 aliphatic heterocycles. The van der Waals surface area contributed by atoms with Gasteiger partial charge in [0.15, 0.2) is 6.61 Å². The molecule has 0 aromatic heterocycles. The fourth-order valence-electron chi connectivity index (χ4n) is 2.18. The average Bonchev–Trinajstić information content (AvgIpc) is 2.61. The third kappa shape index (κ3) is 5.43. The van der Waals surface area contributed by atoms with Gasteiger partial charge in [-0.05, 0) is 48.2 Å². The molecule has 1 amide bonds. The highest BCUT2D eigenvalue weighted by atomic mass is 16.5. The van der Waals surface area contributed by atoms with E-state index >= 15 is 0 Å². The van der Waals surface area contributed by atoms with Gasteiger partial charge in [0.1, 0.15) is 5.75 Å². The number of benzene rings is 2. The number of nitrogens with one attached hydrogen (secondary N) is 1. The van der Waals surface area contributed by atoms with E-state index in [-0.39, 0.29) is 18.1 Å². The van der Waals surface area contributed by atoms with Gasteiger partial charge in [0.25, 0.3) is 5.91 Å². The third-order valence-electron chi connectivity index (χ3n) is 3.64.